The molecule has 1 fully saturated rings. The minimum atomic E-state index is -0.0223. The number of amides is 1. The third-order valence-corrected chi connectivity index (χ3v) is 5.14. The van der Waals surface area contributed by atoms with Crippen LogP contribution in [0.15, 0.2) is 59.5 Å². The van der Waals surface area contributed by atoms with Crippen molar-refractivity contribution in [2.24, 2.45) is 0 Å². The summed E-state index contributed by atoms with van der Waals surface area (Å²) in [7, 11) is 0. The Morgan fingerprint density at radius 1 is 1.09 bits per heavy atom. The molecular formula is C18H14ClNOS2. The zero-order valence-corrected chi connectivity index (χ0v) is 14.6. The molecule has 0 aliphatic carbocycles. The first kappa shape index (κ1) is 16.2. The van der Waals surface area contributed by atoms with Gasteiger partial charge in [0.15, 0.2) is 0 Å². The van der Waals surface area contributed by atoms with Gasteiger partial charge < -0.3 is 0 Å². The van der Waals surface area contributed by atoms with Gasteiger partial charge in [0.1, 0.15) is 4.32 Å². The highest BCUT2D eigenvalue weighted by atomic mass is 35.5. The molecule has 2 aromatic rings. The first-order chi connectivity index (χ1) is 11.1. The molecule has 2 nitrogen and oxygen atoms in total. The quantitative estimate of drug-likeness (QED) is 0.578. The van der Waals surface area contributed by atoms with E-state index in [0.717, 1.165) is 12.0 Å². The van der Waals surface area contributed by atoms with Crippen molar-refractivity contribution in [1.29, 1.82) is 0 Å². The predicted molar refractivity (Wildman–Crippen MR) is 101 cm³/mol. The summed E-state index contributed by atoms with van der Waals surface area (Å²) in [5, 5.41) is 0.678. The van der Waals surface area contributed by atoms with Crippen molar-refractivity contribution in [1.82, 2.24) is 4.90 Å². The Labute approximate surface area is 150 Å². The fourth-order valence-electron chi connectivity index (χ4n) is 2.29. The van der Waals surface area contributed by atoms with Crippen LogP contribution in [0.25, 0.3) is 6.08 Å². The second-order valence-corrected chi connectivity index (χ2v) is 7.23. The number of nitrogens with zero attached hydrogens (tertiary/aromatic N) is 1. The van der Waals surface area contributed by atoms with E-state index in [2.05, 4.69) is 12.1 Å². The number of hydrogen-bond acceptors (Lipinski definition) is 3. The van der Waals surface area contributed by atoms with Crippen LogP contribution in [-0.4, -0.2) is 21.7 Å². The van der Waals surface area contributed by atoms with Gasteiger partial charge in [-0.3, -0.25) is 9.69 Å². The normalized spacial score (nSPS) is 16.4. The minimum absolute atomic E-state index is 0.0223. The van der Waals surface area contributed by atoms with Crippen LogP contribution in [0.4, 0.5) is 0 Å². The standard InChI is InChI=1S/C18H14ClNOS2/c19-15-8-6-14(7-9-15)12-16-17(21)20(18(22)23-16)11-10-13-4-2-1-3-5-13/h1-9,12H,10-11H2. The molecule has 2 aromatic carbocycles. The first-order valence-corrected chi connectivity index (χ1v) is 8.78. The number of rotatable bonds is 4. The second kappa shape index (κ2) is 7.30. The third kappa shape index (κ3) is 4.02. The highest BCUT2D eigenvalue weighted by Crippen LogP contribution is 2.32. The van der Waals surface area contributed by atoms with E-state index < -0.39 is 0 Å². The molecule has 23 heavy (non-hydrogen) atoms. The van der Waals surface area contributed by atoms with Gasteiger partial charge in [-0.05, 0) is 35.8 Å². The van der Waals surface area contributed by atoms with Crippen molar-refractivity contribution < 1.29 is 4.79 Å². The molecule has 0 aromatic heterocycles. The Morgan fingerprint density at radius 3 is 2.48 bits per heavy atom. The molecular weight excluding hydrogens is 346 g/mol. The topological polar surface area (TPSA) is 20.3 Å². The highest BCUT2D eigenvalue weighted by molar-refractivity contribution is 8.26. The molecule has 0 spiro atoms. The maximum atomic E-state index is 12.5. The van der Waals surface area contributed by atoms with E-state index in [1.54, 1.807) is 4.90 Å². The van der Waals surface area contributed by atoms with Crippen LogP contribution in [0, 0.1) is 0 Å². The number of carbonyl (C=O) groups is 1. The molecule has 0 N–H and O–H groups in total. The Morgan fingerprint density at radius 2 is 1.78 bits per heavy atom. The molecule has 1 amide bonds. The van der Waals surface area contributed by atoms with Gasteiger partial charge in [-0.25, -0.2) is 0 Å². The Bertz CT molecular complexity index is 756. The van der Waals surface area contributed by atoms with Crippen molar-refractivity contribution in [2.45, 2.75) is 6.42 Å². The Balaban J connectivity index is 1.71. The van der Waals surface area contributed by atoms with E-state index >= 15 is 0 Å². The van der Waals surface area contributed by atoms with E-state index in [1.165, 1.54) is 17.3 Å². The van der Waals surface area contributed by atoms with Crippen molar-refractivity contribution in [2.75, 3.05) is 6.54 Å². The van der Waals surface area contributed by atoms with Gasteiger partial charge in [0.05, 0.1) is 4.91 Å². The van der Waals surface area contributed by atoms with E-state index in [1.807, 2.05) is 48.5 Å². The van der Waals surface area contributed by atoms with E-state index in [0.29, 0.717) is 20.8 Å². The molecule has 3 rings (SSSR count). The van der Waals surface area contributed by atoms with Gasteiger partial charge in [0.25, 0.3) is 5.91 Å². The zero-order valence-electron chi connectivity index (χ0n) is 12.2. The monoisotopic (exact) mass is 359 g/mol. The van der Waals surface area contributed by atoms with Crippen molar-refractivity contribution in [3.63, 3.8) is 0 Å². The maximum absolute atomic E-state index is 12.5. The second-order valence-electron chi connectivity index (χ2n) is 5.12. The van der Waals surface area contributed by atoms with Gasteiger partial charge in [-0.2, -0.15) is 0 Å². The average Bonchev–Trinajstić information content (AvgIpc) is 2.82. The number of hydrogen-bond donors (Lipinski definition) is 0. The summed E-state index contributed by atoms with van der Waals surface area (Å²) in [6, 6.07) is 17.5. The number of benzene rings is 2. The lowest BCUT2D eigenvalue weighted by molar-refractivity contribution is -0.122. The lowest BCUT2D eigenvalue weighted by atomic mass is 10.1. The smallest absolute Gasteiger partial charge is 0.266 e. The molecule has 116 valence electrons. The van der Waals surface area contributed by atoms with Gasteiger partial charge in [0, 0.05) is 11.6 Å². The van der Waals surface area contributed by atoms with Crippen LogP contribution in [0.2, 0.25) is 5.02 Å². The summed E-state index contributed by atoms with van der Waals surface area (Å²) in [5.74, 6) is -0.0223. The van der Waals surface area contributed by atoms with E-state index in [4.69, 9.17) is 23.8 Å². The van der Waals surface area contributed by atoms with Crippen LogP contribution < -0.4 is 0 Å². The largest absolute Gasteiger partial charge is 0.293 e. The summed E-state index contributed by atoms with van der Waals surface area (Å²) in [6.07, 6.45) is 2.65. The lowest BCUT2D eigenvalue weighted by Gasteiger charge is -2.14. The van der Waals surface area contributed by atoms with Gasteiger partial charge >= 0.3 is 0 Å². The van der Waals surface area contributed by atoms with Crippen LogP contribution in [0.1, 0.15) is 11.1 Å². The molecule has 0 radical (unpaired) electrons. The number of thioether (sulfide) groups is 1. The number of thiocarbonyl (C=S) groups is 1. The van der Waals surface area contributed by atoms with Crippen molar-refractivity contribution in [3.8, 4) is 0 Å². The average molecular weight is 360 g/mol. The highest BCUT2D eigenvalue weighted by Gasteiger charge is 2.31. The lowest BCUT2D eigenvalue weighted by Crippen LogP contribution is -2.30. The summed E-state index contributed by atoms with van der Waals surface area (Å²) >= 11 is 12.6. The molecule has 0 bridgehead atoms. The van der Waals surface area contributed by atoms with Crippen LogP contribution in [0.5, 0.6) is 0 Å². The third-order valence-electron chi connectivity index (χ3n) is 3.51. The molecule has 0 unspecified atom stereocenters. The molecule has 5 heteroatoms. The maximum Gasteiger partial charge on any atom is 0.266 e. The fraction of sp³-hybridized carbons (Fsp3) is 0.111. The molecule has 1 heterocycles. The fourth-order valence-corrected chi connectivity index (χ4v) is 3.72. The summed E-state index contributed by atoms with van der Waals surface area (Å²) in [5.41, 5.74) is 2.14. The number of halogens is 1. The molecule has 1 aliphatic heterocycles. The predicted octanol–water partition coefficient (Wildman–Crippen LogP) is 4.78. The van der Waals surface area contributed by atoms with Crippen molar-refractivity contribution in [3.05, 3.63) is 75.7 Å². The van der Waals surface area contributed by atoms with Gasteiger partial charge in [-0.1, -0.05) is 78.0 Å². The van der Waals surface area contributed by atoms with E-state index in [-0.39, 0.29) is 5.91 Å². The number of carbonyl (C=O) groups excluding carboxylic acids is 1. The van der Waals surface area contributed by atoms with Gasteiger partial charge in [0.2, 0.25) is 0 Å². The summed E-state index contributed by atoms with van der Waals surface area (Å²) in [4.78, 5) is 14.9. The molecule has 1 aliphatic rings. The van der Waals surface area contributed by atoms with Crippen LogP contribution >= 0.6 is 35.6 Å². The Hall–Kier alpha value is -1.62. The van der Waals surface area contributed by atoms with E-state index in [9.17, 15) is 4.79 Å². The molecule has 1 saturated heterocycles. The van der Waals surface area contributed by atoms with Crippen molar-refractivity contribution >= 4 is 51.9 Å². The van der Waals surface area contributed by atoms with Gasteiger partial charge in [-0.15, -0.1) is 0 Å². The van der Waals surface area contributed by atoms with Crippen LogP contribution in [-0.2, 0) is 11.2 Å². The SMILES string of the molecule is O=C1C(=Cc2ccc(Cl)cc2)SC(=S)N1CCc1ccccc1. The minimum Gasteiger partial charge on any atom is -0.293 e. The molecule has 0 atom stereocenters. The Kier molecular flexibility index (Phi) is 5.16. The van der Waals surface area contributed by atoms with Crippen LogP contribution in [0.3, 0.4) is 0 Å². The summed E-state index contributed by atoms with van der Waals surface area (Å²) in [6.45, 7) is 0.604. The first-order valence-electron chi connectivity index (χ1n) is 7.18. The molecule has 0 saturated carbocycles. The summed E-state index contributed by atoms with van der Waals surface area (Å²) < 4.78 is 0.617. The zero-order chi connectivity index (χ0) is 16.2.